The van der Waals surface area contributed by atoms with Crippen molar-refractivity contribution in [2.75, 3.05) is 13.1 Å². The summed E-state index contributed by atoms with van der Waals surface area (Å²) in [5.74, 6) is 1.18. The lowest BCUT2D eigenvalue weighted by atomic mass is 10.1. The van der Waals surface area contributed by atoms with E-state index in [1.54, 1.807) is 0 Å². The molecule has 0 fully saturated rings. The maximum absolute atomic E-state index is 12.9. The Bertz CT molecular complexity index is 1350. The molecular weight excluding hydrogens is 533 g/mol. The van der Waals surface area contributed by atoms with Gasteiger partial charge in [0.05, 0.1) is 16.5 Å². The number of carbonyl (C=O) groups is 1. The third-order valence-corrected chi connectivity index (χ3v) is 8.07. The van der Waals surface area contributed by atoms with Gasteiger partial charge in [0, 0.05) is 29.1 Å². The minimum absolute atomic E-state index is 0.00933. The molecule has 2 aromatic carbocycles. The molecule has 0 saturated carbocycles. The van der Waals surface area contributed by atoms with Crippen LogP contribution in [0.3, 0.4) is 0 Å². The molecule has 0 radical (unpaired) electrons. The van der Waals surface area contributed by atoms with Gasteiger partial charge in [-0.2, -0.15) is 0 Å². The van der Waals surface area contributed by atoms with Gasteiger partial charge in [0.2, 0.25) is 0 Å². The Balaban J connectivity index is 1.64. The molecule has 0 atom stereocenters. The second kappa shape index (κ2) is 12.2. The van der Waals surface area contributed by atoms with Crippen LogP contribution in [-0.2, 0) is 5.75 Å². The van der Waals surface area contributed by atoms with E-state index in [0.717, 1.165) is 47.8 Å². The van der Waals surface area contributed by atoms with E-state index >= 15 is 0 Å². The minimum atomic E-state index is -0.00933. The molecule has 188 valence electrons. The Labute approximate surface area is 229 Å². The second-order valence-corrected chi connectivity index (χ2v) is 11.0. The molecule has 0 saturated heterocycles. The van der Waals surface area contributed by atoms with E-state index in [-0.39, 0.29) is 5.91 Å². The van der Waals surface area contributed by atoms with E-state index in [4.69, 9.17) is 23.2 Å². The number of hydrogen-bond donors (Lipinski definition) is 0. The van der Waals surface area contributed by atoms with Crippen molar-refractivity contribution in [2.45, 2.75) is 44.5 Å². The van der Waals surface area contributed by atoms with Gasteiger partial charge in [0.15, 0.2) is 11.0 Å². The number of benzene rings is 2. The first-order chi connectivity index (χ1) is 17.4. The molecule has 0 unspecified atom stereocenters. The Morgan fingerprint density at radius 1 is 1.08 bits per heavy atom. The van der Waals surface area contributed by atoms with E-state index < -0.39 is 0 Å². The monoisotopic (exact) mass is 559 g/mol. The first-order valence-corrected chi connectivity index (χ1v) is 14.4. The molecule has 2 aromatic heterocycles. The number of thioether (sulfide) groups is 1. The minimum Gasteiger partial charge on any atom is -0.337 e. The first kappa shape index (κ1) is 26.7. The fraction of sp³-hybridized carbons (Fsp3) is 0.308. The normalized spacial score (nSPS) is 11.1. The standard InChI is InChI=1S/C26H27Cl2N5OS2/c1-4-12-32(13-5-2)25(34)21-15-35-23(29-21)16-36-26-31-30-24(19-8-6-7-9-20(19)28)33(26)22-14-18(27)11-10-17(22)3/h6-11,14-15H,4-5,12-13,16H2,1-3H3. The van der Waals surface area contributed by atoms with Gasteiger partial charge in [-0.05, 0) is 49.6 Å². The van der Waals surface area contributed by atoms with Crippen LogP contribution in [0, 0.1) is 6.92 Å². The third-order valence-electron chi connectivity index (χ3n) is 5.53. The molecule has 0 spiro atoms. The zero-order valence-electron chi connectivity index (χ0n) is 20.4. The van der Waals surface area contributed by atoms with E-state index in [1.807, 2.05) is 64.2 Å². The highest BCUT2D eigenvalue weighted by atomic mass is 35.5. The molecule has 4 rings (SSSR count). The first-order valence-electron chi connectivity index (χ1n) is 11.8. The summed E-state index contributed by atoms with van der Waals surface area (Å²) in [6.45, 7) is 7.65. The molecule has 6 nitrogen and oxygen atoms in total. The van der Waals surface area contributed by atoms with Crippen LogP contribution in [0.1, 0.15) is 47.7 Å². The summed E-state index contributed by atoms with van der Waals surface area (Å²) in [5.41, 5.74) is 3.20. The smallest absolute Gasteiger partial charge is 0.273 e. The molecule has 10 heteroatoms. The van der Waals surface area contributed by atoms with Crippen LogP contribution in [0.5, 0.6) is 0 Å². The van der Waals surface area contributed by atoms with Crippen LogP contribution in [0.4, 0.5) is 0 Å². The maximum atomic E-state index is 12.9. The second-order valence-electron chi connectivity index (χ2n) is 8.26. The average molecular weight is 561 g/mol. The van der Waals surface area contributed by atoms with Crippen molar-refractivity contribution < 1.29 is 4.79 Å². The molecule has 2 heterocycles. The lowest BCUT2D eigenvalue weighted by Gasteiger charge is -2.20. The van der Waals surface area contributed by atoms with Crippen molar-refractivity contribution >= 4 is 52.2 Å². The van der Waals surface area contributed by atoms with Crippen LogP contribution in [0.25, 0.3) is 17.1 Å². The highest BCUT2D eigenvalue weighted by molar-refractivity contribution is 7.98. The Morgan fingerprint density at radius 2 is 1.83 bits per heavy atom. The average Bonchev–Trinajstić information content (AvgIpc) is 3.51. The number of aryl methyl sites for hydroxylation is 1. The Morgan fingerprint density at radius 3 is 2.56 bits per heavy atom. The summed E-state index contributed by atoms with van der Waals surface area (Å²) in [5, 5.41) is 13.6. The van der Waals surface area contributed by atoms with Gasteiger partial charge >= 0.3 is 0 Å². The van der Waals surface area contributed by atoms with Crippen LogP contribution >= 0.6 is 46.3 Å². The lowest BCUT2D eigenvalue weighted by Crippen LogP contribution is -2.32. The van der Waals surface area contributed by atoms with Gasteiger partial charge < -0.3 is 4.90 Å². The van der Waals surface area contributed by atoms with Crippen molar-refractivity contribution in [3.63, 3.8) is 0 Å². The predicted octanol–water partition coefficient (Wildman–Crippen LogP) is 7.56. The molecule has 0 aliphatic carbocycles. The summed E-state index contributed by atoms with van der Waals surface area (Å²) in [4.78, 5) is 19.4. The third kappa shape index (κ3) is 5.94. The van der Waals surface area contributed by atoms with Gasteiger partial charge in [0.1, 0.15) is 10.7 Å². The Hall–Kier alpha value is -2.39. The summed E-state index contributed by atoms with van der Waals surface area (Å²) in [6, 6.07) is 13.3. The number of aromatic nitrogens is 4. The quantitative estimate of drug-likeness (QED) is 0.187. The lowest BCUT2D eigenvalue weighted by molar-refractivity contribution is 0.0750. The summed E-state index contributed by atoms with van der Waals surface area (Å²) < 4.78 is 1.98. The summed E-state index contributed by atoms with van der Waals surface area (Å²) >= 11 is 15.9. The van der Waals surface area contributed by atoms with E-state index in [2.05, 4.69) is 29.0 Å². The molecule has 0 aliphatic heterocycles. The van der Waals surface area contributed by atoms with Gasteiger partial charge in [0.25, 0.3) is 5.91 Å². The van der Waals surface area contributed by atoms with E-state index in [0.29, 0.717) is 32.5 Å². The largest absolute Gasteiger partial charge is 0.337 e. The molecule has 0 bridgehead atoms. The zero-order valence-corrected chi connectivity index (χ0v) is 23.5. The topological polar surface area (TPSA) is 63.9 Å². The summed E-state index contributed by atoms with van der Waals surface area (Å²) in [7, 11) is 0. The van der Waals surface area contributed by atoms with Gasteiger partial charge in [-0.3, -0.25) is 9.36 Å². The van der Waals surface area contributed by atoms with Crippen LogP contribution in [0.15, 0.2) is 53.0 Å². The maximum Gasteiger partial charge on any atom is 0.273 e. The van der Waals surface area contributed by atoms with Crippen molar-refractivity contribution in [3.8, 4) is 17.1 Å². The molecule has 4 aromatic rings. The van der Waals surface area contributed by atoms with E-state index in [1.165, 1.54) is 23.1 Å². The van der Waals surface area contributed by atoms with Gasteiger partial charge in [-0.25, -0.2) is 4.98 Å². The molecule has 0 aliphatic rings. The van der Waals surface area contributed by atoms with Crippen molar-refractivity contribution in [3.05, 3.63) is 74.2 Å². The fourth-order valence-electron chi connectivity index (χ4n) is 3.84. The van der Waals surface area contributed by atoms with Crippen molar-refractivity contribution in [1.82, 2.24) is 24.6 Å². The van der Waals surface area contributed by atoms with Crippen LogP contribution in [0.2, 0.25) is 10.0 Å². The SMILES string of the molecule is CCCN(CCC)C(=O)c1csc(CSc2nnc(-c3ccccc3Cl)n2-c2cc(Cl)ccc2C)n1. The molecule has 0 N–H and O–H groups in total. The van der Waals surface area contributed by atoms with Gasteiger partial charge in [-0.15, -0.1) is 21.5 Å². The van der Waals surface area contributed by atoms with Crippen LogP contribution in [-0.4, -0.2) is 43.6 Å². The Kier molecular flexibility index (Phi) is 9.06. The number of nitrogens with zero attached hydrogens (tertiary/aromatic N) is 5. The fourth-order valence-corrected chi connectivity index (χ4v) is 5.96. The number of halogens is 2. The predicted molar refractivity (Wildman–Crippen MR) is 150 cm³/mol. The zero-order chi connectivity index (χ0) is 25.7. The molecular formula is C26H27Cl2N5OS2. The van der Waals surface area contributed by atoms with Crippen molar-refractivity contribution in [2.24, 2.45) is 0 Å². The number of rotatable bonds is 10. The molecule has 1 amide bonds. The van der Waals surface area contributed by atoms with E-state index in [9.17, 15) is 4.79 Å². The van der Waals surface area contributed by atoms with Crippen molar-refractivity contribution in [1.29, 1.82) is 0 Å². The van der Waals surface area contributed by atoms with Gasteiger partial charge in [-0.1, -0.05) is 67.0 Å². The number of amides is 1. The number of carbonyl (C=O) groups excluding carboxylic acids is 1. The highest BCUT2D eigenvalue weighted by Crippen LogP contribution is 2.35. The number of hydrogen-bond acceptors (Lipinski definition) is 6. The summed E-state index contributed by atoms with van der Waals surface area (Å²) in [6.07, 6.45) is 1.84. The molecule has 36 heavy (non-hydrogen) atoms. The number of thiazole rings is 1. The van der Waals surface area contributed by atoms with Crippen LogP contribution < -0.4 is 0 Å². The highest BCUT2D eigenvalue weighted by Gasteiger charge is 2.21.